The summed E-state index contributed by atoms with van der Waals surface area (Å²) in [4.78, 5) is 10.7. The Bertz CT molecular complexity index is 258. The van der Waals surface area contributed by atoms with Crippen LogP contribution in [0.15, 0.2) is 0 Å². The maximum atomic E-state index is 10.7. The van der Waals surface area contributed by atoms with Gasteiger partial charge in [0.05, 0.1) is 19.8 Å². The zero-order valence-electron chi connectivity index (χ0n) is 10.6. The molecule has 4 atom stereocenters. The Morgan fingerprint density at radius 1 is 1.56 bits per heavy atom. The van der Waals surface area contributed by atoms with Gasteiger partial charge in [-0.1, -0.05) is 0 Å². The van der Waals surface area contributed by atoms with Gasteiger partial charge >= 0.3 is 5.97 Å². The fraction of sp³-hybridized carbons (Fsp3) is 0.909. The quantitative estimate of drug-likeness (QED) is 0.552. The lowest BCUT2D eigenvalue weighted by Crippen LogP contribution is -2.43. The highest BCUT2D eigenvalue weighted by Gasteiger charge is 2.42. The molecule has 1 aliphatic rings. The fourth-order valence-electron chi connectivity index (χ4n) is 1.87. The van der Waals surface area contributed by atoms with Crippen LogP contribution in [0, 0.1) is 0 Å². The van der Waals surface area contributed by atoms with E-state index in [-0.39, 0.29) is 32.5 Å². The van der Waals surface area contributed by atoms with Gasteiger partial charge in [-0.15, -0.1) is 0 Å². The van der Waals surface area contributed by atoms with Crippen LogP contribution in [0.3, 0.4) is 0 Å². The largest absolute Gasteiger partial charge is 0.463 e. The van der Waals surface area contributed by atoms with Crippen molar-refractivity contribution in [3.8, 4) is 0 Å². The van der Waals surface area contributed by atoms with E-state index in [9.17, 15) is 9.90 Å². The summed E-state index contributed by atoms with van der Waals surface area (Å²) in [7, 11) is 1.49. The first-order chi connectivity index (χ1) is 8.60. The Labute approximate surface area is 106 Å². The van der Waals surface area contributed by atoms with Gasteiger partial charge in [-0.25, -0.2) is 0 Å². The van der Waals surface area contributed by atoms with E-state index in [4.69, 9.17) is 24.1 Å². The second kappa shape index (κ2) is 7.65. The van der Waals surface area contributed by atoms with Crippen molar-refractivity contribution in [3.05, 3.63) is 0 Å². The topological polar surface area (TPSA) is 94.5 Å². The fourth-order valence-corrected chi connectivity index (χ4v) is 1.87. The number of hydrogen-bond donors (Lipinski definition) is 2. The van der Waals surface area contributed by atoms with Crippen molar-refractivity contribution in [2.45, 2.75) is 31.3 Å². The summed E-state index contributed by atoms with van der Waals surface area (Å²) in [6, 6.07) is 0. The lowest BCUT2D eigenvalue weighted by Gasteiger charge is -2.24. The van der Waals surface area contributed by atoms with Gasteiger partial charge in [-0.05, 0) is 0 Å². The van der Waals surface area contributed by atoms with Crippen LogP contribution in [0.25, 0.3) is 0 Å². The van der Waals surface area contributed by atoms with E-state index in [0.717, 1.165) is 0 Å². The molecular formula is C11H20O7. The zero-order chi connectivity index (χ0) is 13.5. The molecule has 1 heterocycles. The SMILES string of the molecule is COC1C(OCCO)COC1C(O)COC(C)=O. The van der Waals surface area contributed by atoms with Crippen LogP contribution in [0.5, 0.6) is 0 Å². The summed E-state index contributed by atoms with van der Waals surface area (Å²) in [5, 5.41) is 18.5. The number of esters is 1. The van der Waals surface area contributed by atoms with E-state index in [1.54, 1.807) is 0 Å². The monoisotopic (exact) mass is 264 g/mol. The molecule has 0 aromatic rings. The van der Waals surface area contributed by atoms with Gasteiger partial charge < -0.3 is 29.2 Å². The standard InChI is InChI=1S/C11H20O7/c1-7(13)17-5-8(14)10-11(15-2)9(6-18-10)16-4-3-12/h8-12,14H,3-6H2,1-2H3. The second-order valence-electron chi connectivity index (χ2n) is 4.00. The van der Waals surface area contributed by atoms with Gasteiger partial charge in [0.25, 0.3) is 0 Å². The van der Waals surface area contributed by atoms with Gasteiger partial charge in [0.2, 0.25) is 0 Å². The van der Waals surface area contributed by atoms with E-state index in [0.29, 0.717) is 0 Å². The van der Waals surface area contributed by atoms with Crippen LogP contribution in [-0.4, -0.2) is 74.1 Å². The Kier molecular flexibility index (Phi) is 6.51. The van der Waals surface area contributed by atoms with Gasteiger partial charge in [0, 0.05) is 14.0 Å². The average molecular weight is 264 g/mol. The van der Waals surface area contributed by atoms with E-state index in [1.807, 2.05) is 0 Å². The zero-order valence-corrected chi connectivity index (χ0v) is 10.6. The van der Waals surface area contributed by atoms with Crippen molar-refractivity contribution in [2.75, 3.05) is 33.5 Å². The molecule has 0 amide bonds. The molecule has 2 N–H and O–H groups in total. The Hall–Kier alpha value is -0.730. The third-order valence-electron chi connectivity index (χ3n) is 2.68. The summed E-state index contributed by atoms with van der Waals surface area (Å²) in [5.74, 6) is -0.464. The van der Waals surface area contributed by atoms with Crippen LogP contribution in [0.2, 0.25) is 0 Å². The highest BCUT2D eigenvalue weighted by molar-refractivity contribution is 5.65. The molecule has 4 unspecified atom stereocenters. The molecule has 1 aliphatic heterocycles. The summed E-state index contributed by atoms with van der Waals surface area (Å²) in [6.45, 7) is 1.48. The number of carbonyl (C=O) groups is 1. The number of carbonyl (C=O) groups excluding carboxylic acids is 1. The van der Waals surface area contributed by atoms with E-state index < -0.39 is 24.3 Å². The molecule has 0 aromatic carbocycles. The van der Waals surface area contributed by atoms with E-state index in [2.05, 4.69) is 0 Å². The number of aliphatic hydroxyl groups is 2. The molecule has 106 valence electrons. The van der Waals surface area contributed by atoms with Crippen molar-refractivity contribution in [1.29, 1.82) is 0 Å². The predicted octanol–water partition coefficient (Wildman–Crippen LogP) is -1.30. The minimum atomic E-state index is -0.971. The highest BCUT2D eigenvalue weighted by Crippen LogP contribution is 2.23. The van der Waals surface area contributed by atoms with Crippen molar-refractivity contribution >= 4 is 5.97 Å². The summed E-state index contributed by atoms with van der Waals surface area (Å²) < 4.78 is 20.7. The van der Waals surface area contributed by atoms with Crippen molar-refractivity contribution in [2.24, 2.45) is 0 Å². The smallest absolute Gasteiger partial charge is 0.302 e. The molecule has 7 nitrogen and oxygen atoms in total. The predicted molar refractivity (Wildman–Crippen MR) is 60.0 cm³/mol. The molecule has 7 heteroatoms. The van der Waals surface area contributed by atoms with Crippen LogP contribution >= 0.6 is 0 Å². The lowest BCUT2D eigenvalue weighted by molar-refractivity contribution is -0.149. The average Bonchev–Trinajstić information content (AvgIpc) is 2.76. The number of aliphatic hydroxyl groups excluding tert-OH is 2. The number of rotatable bonds is 7. The van der Waals surface area contributed by atoms with Gasteiger partial charge in [-0.3, -0.25) is 4.79 Å². The highest BCUT2D eigenvalue weighted by atomic mass is 16.6. The van der Waals surface area contributed by atoms with E-state index in [1.165, 1.54) is 14.0 Å². The first-order valence-corrected chi connectivity index (χ1v) is 5.78. The van der Waals surface area contributed by atoms with Crippen LogP contribution in [0.1, 0.15) is 6.92 Å². The first-order valence-electron chi connectivity index (χ1n) is 5.78. The molecule has 0 aromatic heterocycles. The number of ether oxygens (including phenoxy) is 4. The molecule has 0 saturated carbocycles. The normalized spacial score (nSPS) is 29.2. The van der Waals surface area contributed by atoms with Crippen molar-refractivity contribution < 1.29 is 34.0 Å². The second-order valence-corrected chi connectivity index (χ2v) is 4.00. The Morgan fingerprint density at radius 3 is 2.83 bits per heavy atom. The van der Waals surface area contributed by atoms with Crippen molar-refractivity contribution in [1.82, 2.24) is 0 Å². The third-order valence-corrected chi connectivity index (χ3v) is 2.68. The molecule has 0 spiro atoms. The molecular weight excluding hydrogens is 244 g/mol. The molecule has 0 aliphatic carbocycles. The van der Waals surface area contributed by atoms with Crippen LogP contribution < -0.4 is 0 Å². The summed E-state index contributed by atoms with van der Waals surface area (Å²) >= 11 is 0. The van der Waals surface area contributed by atoms with Gasteiger partial charge in [0.15, 0.2) is 0 Å². The molecule has 0 bridgehead atoms. The maximum absolute atomic E-state index is 10.7. The molecule has 0 radical (unpaired) electrons. The van der Waals surface area contributed by atoms with Crippen LogP contribution in [-0.2, 0) is 23.7 Å². The third kappa shape index (κ3) is 4.18. The maximum Gasteiger partial charge on any atom is 0.302 e. The summed E-state index contributed by atoms with van der Waals surface area (Å²) in [5.41, 5.74) is 0. The lowest BCUT2D eigenvalue weighted by atomic mass is 10.1. The minimum Gasteiger partial charge on any atom is -0.463 e. The Morgan fingerprint density at radius 2 is 2.28 bits per heavy atom. The van der Waals surface area contributed by atoms with E-state index >= 15 is 0 Å². The first kappa shape index (κ1) is 15.3. The van der Waals surface area contributed by atoms with Crippen molar-refractivity contribution in [3.63, 3.8) is 0 Å². The Balaban J connectivity index is 2.47. The number of hydrogen-bond acceptors (Lipinski definition) is 7. The molecule has 18 heavy (non-hydrogen) atoms. The molecule has 1 fully saturated rings. The molecule has 1 saturated heterocycles. The number of methoxy groups -OCH3 is 1. The molecule has 1 rings (SSSR count). The van der Waals surface area contributed by atoms with Gasteiger partial charge in [0.1, 0.15) is 31.0 Å². The van der Waals surface area contributed by atoms with Crippen LogP contribution in [0.4, 0.5) is 0 Å². The van der Waals surface area contributed by atoms with Gasteiger partial charge in [-0.2, -0.15) is 0 Å². The summed E-state index contributed by atoms with van der Waals surface area (Å²) in [6.07, 6.45) is -2.39. The minimum absolute atomic E-state index is 0.0897.